The van der Waals surface area contributed by atoms with Crippen molar-refractivity contribution in [3.05, 3.63) is 30.6 Å². The van der Waals surface area contributed by atoms with E-state index < -0.39 is 17.3 Å². The number of rotatable bonds is 4. The van der Waals surface area contributed by atoms with Crippen LogP contribution >= 0.6 is 0 Å². The Labute approximate surface area is 196 Å². The SMILES string of the molecule is C=C(C)c1cn(C(=O)OC(C)(C)C)c2cnc(N3CCC(CC(=O)OC(C)(C)C)CC3)cc12. The summed E-state index contributed by atoms with van der Waals surface area (Å²) >= 11 is 0. The minimum atomic E-state index is -0.589. The molecule has 0 aromatic carbocycles. The number of carbonyl (C=O) groups is 2. The molecule has 0 aliphatic carbocycles. The summed E-state index contributed by atoms with van der Waals surface area (Å²) in [7, 11) is 0. The molecule has 0 atom stereocenters. The summed E-state index contributed by atoms with van der Waals surface area (Å²) in [6, 6.07) is 2.02. The lowest BCUT2D eigenvalue weighted by Gasteiger charge is -2.33. The molecule has 0 unspecified atom stereocenters. The van der Waals surface area contributed by atoms with Crippen LogP contribution in [0.3, 0.4) is 0 Å². The molecule has 7 heteroatoms. The average molecular weight is 456 g/mol. The van der Waals surface area contributed by atoms with Crippen molar-refractivity contribution in [2.75, 3.05) is 18.0 Å². The summed E-state index contributed by atoms with van der Waals surface area (Å²) < 4.78 is 12.5. The van der Waals surface area contributed by atoms with Crippen LogP contribution < -0.4 is 4.90 Å². The fourth-order valence-electron chi connectivity index (χ4n) is 4.07. The maximum atomic E-state index is 12.7. The zero-order valence-electron chi connectivity index (χ0n) is 21.0. The molecule has 0 saturated carbocycles. The second kappa shape index (κ2) is 9.20. The van der Waals surface area contributed by atoms with E-state index in [0.717, 1.165) is 48.3 Å². The molecular weight excluding hydrogens is 418 g/mol. The Bertz CT molecular complexity index is 1050. The number of hydrogen-bond donors (Lipinski definition) is 0. The lowest BCUT2D eigenvalue weighted by atomic mass is 9.93. The number of carbonyl (C=O) groups excluding carboxylic acids is 2. The van der Waals surface area contributed by atoms with Crippen molar-refractivity contribution in [1.82, 2.24) is 9.55 Å². The molecule has 1 fully saturated rings. The summed E-state index contributed by atoms with van der Waals surface area (Å²) in [6.45, 7) is 18.9. The Morgan fingerprint density at radius 1 is 1.09 bits per heavy atom. The Morgan fingerprint density at radius 3 is 2.24 bits per heavy atom. The molecule has 33 heavy (non-hydrogen) atoms. The maximum Gasteiger partial charge on any atom is 0.419 e. The zero-order valence-corrected chi connectivity index (χ0v) is 21.0. The van der Waals surface area contributed by atoms with Crippen molar-refractivity contribution in [2.45, 2.75) is 78.9 Å². The van der Waals surface area contributed by atoms with E-state index in [4.69, 9.17) is 9.47 Å². The molecule has 0 radical (unpaired) electrons. The van der Waals surface area contributed by atoms with Gasteiger partial charge >= 0.3 is 12.1 Å². The number of hydrogen-bond acceptors (Lipinski definition) is 6. The van der Waals surface area contributed by atoms with Crippen molar-refractivity contribution in [2.24, 2.45) is 5.92 Å². The molecule has 180 valence electrons. The number of ether oxygens (including phenoxy) is 2. The standard InChI is InChI=1S/C26H37N3O4/c1-17(2)20-16-29(24(31)33-26(6,7)8)21-15-27-22(14-19(20)21)28-11-9-18(10-12-28)13-23(30)32-25(3,4)5/h14-16,18H,1,9-13H2,2-8H3. The summed E-state index contributed by atoms with van der Waals surface area (Å²) in [5.41, 5.74) is 1.43. The molecule has 0 amide bonds. The van der Waals surface area contributed by atoms with E-state index in [2.05, 4.69) is 16.5 Å². The number of fused-ring (bicyclic) bond motifs is 1. The van der Waals surface area contributed by atoms with Crippen LogP contribution in [-0.4, -0.2) is 45.9 Å². The van der Waals surface area contributed by atoms with Crippen LogP contribution in [-0.2, 0) is 14.3 Å². The van der Waals surface area contributed by atoms with Crippen molar-refractivity contribution in [1.29, 1.82) is 0 Å². The van der Waals surface area contributed by atoms with Gasteiger partial charge in [-0.25, -0.2) is 9.78 Å². The predicted molar refractivity (Wildman–Crippen MR) is 131 cm³/mol. The van der Waals surface area contributed by atoms with Gasteiger partial charge in [-0.3, -0.25) is 9.36 Å². The second-order valence-corrected chi connectivity index (χ2v) is 11.0. The minimum Gasteiger partial charge on any atom is -0.460 e. The molecule has 0 bridgehead atoms. The minimum absolute atomic E-state index is 0.130. The molecular formula is C26H37N3O4. The molecule has 2 aromatic rings. The van der Waals surface area contributed by atoms with E-state index in [1.54, 1.807) is 12.4 Å². The number of allylic oxidation sites excluding steroid dienone is 1. The molecule has 3 heterocycles. The van der Waals surface area contributed by atoms with Gasteiger partial charge in [-0.15, -0.1) is 0 Å². The van der Waals surface area contributed by atoms with Crippen LogP contribution in [0, 0.1) is 5.92 Å². The lowest BCUT2D eigenvalue weighted by molar-refractivity contribution is -0.156. The summed E-state index contributed by atoms with van der Waals surface area (Å²) in [5, 5.41) is 0.925. The summed E-state index contributed by atoms with van der Waals surface area (Å²) in [5.74, 6) is 1.05. The Morgan fingerprint density at radius 2 is 1.70 bits per heavy atom. The Hall–Kier alpha value is -2.83. The molecule has 2 aromatic heterocycles. The summed E-state index contributed by atoms with van der Waals surface area (Å²) in [6.07, 6.45) is 5.34. The first-order valence-corrected chi connectivity index (χ1v) is 11.6. The highest BCUT2D eigenvalue weighted by Gasteiger charge is 2.26. The van der Waals surface area contributed by atoms with Crippen molar-refractivity contribution in [3.63, 3.8) is 0 Å². The fourth-order valence-corrected chi connectivity index (χ4v) is 4.07. The van der Waals surface area contributed by atoms with Crippen molar-refractivity contribution in [3.8, 4) is 0 Å². The normalized spacial score (nSPS) is 15.5. The van der Waals surface area contributed by atoms with Crippen LogP contribution in [0.4, 0.5) is 10.6 Å². The van der Waals surface area contributed by atoms with Gasteiger partial charge in [0.15, 0.2) is 0 Å². The van der Waals surface area contributed by atoms with E-state index in [0.29, 0.717) is 17.9 Å². The third kappa shape index (κ3) is 6.36. The van der Waals surface area contributed by atoms with E-state index in [1.807, 2.05) is 54.5 Å². The summed E-state index contributed by atoms with van der Waals surface area (Å²) in [4.78, 5) is 31.8. The third-order valence-corrected chi connectivity index (χ3v) is 5.54. The maximum absolute atomic E-state index is 12.7. The van der Waals surface area contributed by atoms with Crippen LogP contribution in [0.25, 0.3) is 16.5 Å². The lowest BCUT2D eigenvalue weighted by Crippen LogP contribution is -2.35. The number of piperidine rings is 1. The second-order valence-electron chi connectivity index (χ2n) is 11.0. The highest BCUT2D eigenvalue weighted by Crippen LogP contribution is 2.31. The van der Waals surface area contributed by atoms with E-state index in [1.165, 1.54) is 4.57 Å². The van der Waals surface area contributed by atoms with Gasteiger partial charge in [-0.2, -0.15) is 0 Å². The largest absolute Gasteiger partial charge is 0.460 e. The van der Waals surface area contributed by atoms with Gasteiger partial charge in [-0.05, 0) is 78.9 Å². The number of anilines is 1. The van der Waals surface area contributed by atoms with E-state index in [-0.39, 0.29) is 5.97 Å². The van der Waals surface area contributed by atoms with Gasteiger partial charge < -0.3 is 14.4 Å². The molecule has 7 nitrogen and oxygen atoms in total. The van der Waals surface area contributed by atoms with Gasteiger partial charge in [0.05, 0.1) is 11.7 Å². The van der Waals surface area contributed by atoms with Crippen LogP contribution in [0.2, 0.25) is 0 Å². The Kier molecular flexibility index (Phi) is 6.91. The van der Waals surface area contributed by atoms with Gasteiger partial charge in [0.25, 0.3) is 0 Å². The molecule has 1 aliphatic rings. The third-order valence-electron chi connectivity index (χ3n) is 5.54. The van der Waals surface area contributed by atoms with E-state index >= 15 is 0 Å². The van der Waals surface area contributed by atoms with Crippen molar-refractivity contribution >= 4 is 34.4 Å². The predicted octanol–water partition coefficient (Wildman–Crippen LogP) is 5.80. The molecule has 3 rings (SSSR count). The first kappa shape index (κ1) is 24.8. The fraction of sp³-hybridized carbons (Fsp3) is 0.577. The number of aromatic nitrogens is 2. The molecule has 1 aliphatic heterocycles. The average Bonchev–Trinajstić information content (AvgIpc) is 3.05. The highest BCUT2D eigenvalue weighted by molar-refractivity contribution is 5.98. The molecule has 1 saturated heterocycles. The van der Waals surface area contributed by atoms with E-state index in [9.17, 15) is 9.59 Å². The van der Waals surface area contributed by atoms with Gasteiger partial charge in [0.1, 0.15) is 17.0 Å². The quantitative estimate of drug-likeness (QED) is 0.543. The van der Waals surface area contributed by atoms with Crippen LogP contribution in [0.15, 0.2) is 25.0 Å². The smallest absolute Gasteiger partial charge is 0.419 e. The highest BCUT2D eigenvalue weighted by atomic mass is 16.6. The van der Waals surface area contributed by atoms with Gasteiger partial charge in [0.2, 0.25) is 0 Å². The number of nitrogens with zero attached hydrogens (tertiary/aromatic N) is 3. The number of esters is 1. The topological polar surface area (TPSA) is 73.7 Å². The Balaban J connectivity index is 1.76. The van der Waals surface area contributed by atoms with Gasteiger partial charge in [-0.1, -0.05) is 6.58 Å². The number of pyridine rings is 1. The van der Waals surface area contributed by atoms with Gasteiger partial charge in [0, 0.05) is 36.7 Å². The molecule has 0 N–H and O–H groups in total. The zero-order chi connectivity index (χ0) is 24.6. The van der Waals surface area contributed by atoms with Crippen molar-refractivity contribution < 1.29 is 19.1 Å². The van der Waals surface area contributed by atoms with Crippen LogP contribution in [0.1, 0.15) is 73.3 Å². The molecule has 0 spiro atoms. The monoisotopic (exact) mass is 455 g/mol. The first-order chi connectivity index (χ1) is 15.2. The first-order valence-electron chi connectivity index (χ1n) is 11.6. The van der Waals surface area contributed by atoms with Crippen LogP contribution in [0.5, 0.6) is 0 Å².